The highest BCUT2D eigenvalue weighted by molar-refractivity contribution is 5.35. The second-order valence-corrected chi connectivity index (χ2v) is 4.04. The summed E-state index contributed by atoms with van der Waals surface area (Å²) in [6.07, 6.45) is -0.811. The third-order valence-electron chi connectivity index (χ3n) is 2.31. The molecule has 0 radical (unpaired) electrons. The van der Waals surface area contributed by atoms with Gasteiger partial charge in [0.1, 0.15) is 0 Å². The van der Waals surface area contributed by atoms with Gasteiger partial charge in [-0.15, -0.1) is 0 Å². The van der Waals surface area contributed by atoms with Gasteiger partial charge >= 0.3 is 0 Å². The molecule has 1 aromatic carbocycles. The minimum Gasteiger partial charge on any atom is -0.394 e. The SMILES string of the molecule is CC(C)(C#Cc1ccccc1)C(O)CO. The highest BCUT2D eigenvalue weighted by Crippen LogP contribution is 2.19. The highest BCUT2D eigenvalue weighted by atomic mass is 16.3. The van der Waals surface area contributed by atoms with Crippen molar-refractivity contribution in [3.05, 3.63) is 35.9 Å². The summed E-state index contributed by atoms with van der Waals surface area (Å²) in [6.45, 7) is 3.35. The van der Waals surface area contributed by atoms with Crippen molar-refractivity contribution < 1.29 is 10.2 Å². The lowest BCUT2D eigenvalue weighted by molar-refractivity contribution is 0.0318. The molecule has 1 unspecified atom stereocenters. The van der Waals surface area contributed by atoms with E-state index < -0.39 is 11.5 Å². The Morgan fingerprint density at radius 2 is 1.87 bits per heavy atom. The molecule has 2 heteroatoms. The predicted molar refractivity (Wildman–Crippen MR) is 60.2 cm³/mol. The van der Waals surface area contributed by atoms with E-state index in [2.05, 4.69) is 11.8 Å². The zero-order valence-electron chi connectivity index (χ0n) is 9.07. The van der Waals surface area contributed by atoms with Crippen LogP contribution in [0.15, 0.2) is 30.3 Å². The lowest BCUT2D eigenvalue weighted by Crippen LogP contribution is -2.30. The van der Waals surface area contributed by atoms with Crippen LogP contribution in [0.3, 0.4) is 0 Å². The minimum absolute atomic E-state index is 0.267. The Morgan fingerprint density at radius 3 is 2.40 bits per heavy atom. The first-order chi connectivity index (χ1) is 7.06. The normalized spacial score (nSPS) is 12.8. The smallest absolute Gasteiger partial charge is 0.0930 e. The first kappa shape index (κ1) is 11.8. The van der Waals surface area contributed by atoms with E-state index in [0.29, 0.717) is 0 Å². The highest BCUT2D eigenvalue weighted by Gasteiger charge is 2.24. The van der Waals surface area contributed by atoms with Gasteiger partial charge in [0.2, 0.25) is 0 Å². The lowest BCUT2D eigenvalue weighted by Gasteiger charge is -2.22. The summed E-state index contributed by atoms with van der Waals surface area (Å²) >= 11 is 0. The van der Waals surface area contributed by atoms with Crippen LogP contribution in [0.25, 0.3) is 0 Å². The van der Waals surface area contributed by atoms with Crippen LogP contribution in [-0.4, -0.2) is 22.9 Å². The third-order valence-corrected chi connectivity index (χ3v) is 2.31. The lowest BCUT2D eigenvalue weighted by atomic mass is 9.87. The van der Waals surface area contributed by atoms with E-state index >= 15 is 0 Å². The van der Waals surface area contributed by atoms with Gasteiger partial charge in [-0.25, -0.2) is 0 Å². The van der Waals surface area contributed by atoms with E-state index in [1.54, 1.807) is 0 Å². The molecule has 1 rings (SSSR count). The second kappa shape index (κ2) is 4.97. The van der Waals surface area contributed by atoms with E-state index in [0.717, 1.165) is 5.56 Å². The van der Waals surface area contributed by atoms with Gasteiger partial charge in [-0.05, 0) is 26.0 Å². The molecule has 0 fully saturated rings. The Morgan fingerprint density at radius 1 is 1.27 bits per heavy atom. The number of aliphatic hydroxyl groups excluding tert-OH is 2. The fraction of sp³-hybridized carbons (Fsp3) is 0.385. The number of hydrogen-bond donors (Lipinski definition) is 2. The topological polar surface area (TPSA) is 40.5 Å². The van der Waals surface area contributed by atoms with Crippen LogP contribution in [0.4, 0.5) is 0 Å². The van der Waals surface area contributed by atoms with Gasteiger partial charge in [0.15, 0.2) is 0 Å². The molecule has 2 N–H and O–H groups in total. The Kier molecular flexibility index (Phi) is 3.90. The van der Waals surface area contributed by atoms with Crippen molar-refractivity contribution in [2.75, 3.05) is 6.61 Å². The molecular weight excluding hydrogens is 188 g/mol. The molecular formula is C13H16O2. The Balaban J connectivity index is 2.82. The van der Waals surface area contributed by atoms with Crippen molar-refractivity contribution in [2.24, 2.45) is 5.41 Å². The molecule has 0 bridgehead atoms. The standard InChI is InChI=1S/C13H16O2/c1-13(2,12(15)10-14)9-8-11-6-4-3-5-7-11/h3-7,12,14-15H,10H2,1-2H3. The zero-order chi connectivity index (χ0) is 11.3. The summed E-state index contributed by atoms with van der Waals surface area (Å²) in [4.78, 5) is 0. The van der Waals surface area contributed by atoms with Crippen molar-refractivity contribution >= 4 is 0 Å². The Labute approximate surface area is 90.6 Å². The predicted octanol–water partition coefficient (Wildman–Crippen LogP) is 1.42. The average molecular weight is 204 g/mol. The summed E-state index contributed by atoms with van der Waals surface area (Å²) in [5.74, 6) is 5.94. The summed E-state index contributed by atoms with van der Waals surface area (Å²) in [6, 6.07) is 9.58. The third kappa shape index (κ3) is 3.39. The molecule has 15 heavy (non-hydrogen) atoms. The number of aliphatic hydroxyl groups is 2. The molecule has 1 aromatic rings. The molecule has 2 nitrogen and oxygen atoms in total. The van der Waals surface area contributed by atoms with E-state index in [1.165, 1.54) is 0 Å². The van der Waals surface area contributed by atoms with Crippen molar-refractivity contribution in [3.8, 4) is 11.8 Å². The van der Waals surface area contributed by atoms with E-state index in [9.17, 15) is 5.11 Å². The molecule has 0 aromatic heterocycles. The quantitative estimate of drug-likeness (QED) is 0.715. The van der Waals surface area contributed by atoms with Gasteiger partial charge in [0.05, 0.1) is 18.1 Å². The molecule has 0 saturated carbocycles. The number of hydrogen-bond acceptors (Lipinski definition) is 2. The van der Waals surface area contributed by atoms with Crippen LogP contribution in [0.5, 0.6) is 0 Å². The molecule has 0 aliphatic heterocycles. The van der Waals surface area contributed by atoms with Crippen LogP contribution in [0.2, 0.25) is 0 Å². The largest absolute Gasteiger partial charge is 0.394 e. The van der Waals surface area contributed by atoms with Crippen molar-refractivity contribution in [2.45, 2.75) is 20.0 Å². The zero-order valence-corrected chi connectivity index (χ0v) is 9.07. The Bertz CT molecular complexity index is 357. The van der Waals surface area contributed by atoms with Crippen LogP contribution >= 0.6 is 0 Å². The van der Waals surface area contributed by atoms with Crippen LogP contribution in [-0.2, 0) is 0 Å². The fourth-order valence-corrected chi connectivity index (χ4v) is 1.07. The molecule has 0 aliphatic carbocycles. The van der Waals surface area contributed by atoms with Crippen molar-refractivity contribution in [1.29, 1.82) is 0 Å². The van der Waals surface area contributed by atoms with Crippen LogP contribution in [0, 0.1) is 17.3 Å². The van der Waals surface area contributed by atoms with E-state index in [1.807, 2.05) is 44.2 Å². The molecule has 1 atom stereocenters. The van der Waals surface area contributed by atoms with Gasteiger partial charge in [-0.1, -0.05) is 30.0 Å². The first-order valence-corrected chi connectivity index (χ1v) is 4.93. The molecule has 80 valence electrons. The van der Waals surface area contributed by atoms with Crippen LogP contribution < -0.4 is 0 Å². The summed E-state index contributed by atoms with van der Waals surface area (Å²) in [5.41, 5.74) is 0.320. The fourth-order valence-electron chi connectivity index (χ4n) is 1.07. The maximum Gasteiger partial charge on any atom is 0.0930 e. The van der Waals surface area contributed by atoms with E-state index in [-0.39, 0.29) is 6.61 Å². The van der Waals surface area contributed by atoms with Crippen LogP contribution in [0.1, 0.15) is 19.4 Å². The van der Waals surface area contributed by atoms with Gasteiger partial charge < -0.3 is 10.2 Å². The molecule has 0 amide bonds. The summed E-state index contributed by atoms with van der Waals surface area (Å²) in [7, 11) is 0. The molecule has 0 saturated heterocycles. The first-order valence-electron chi connectivity index (χ1n) is 4.93. The maximum absolute atomic E-state index is 9.51. The van der Waals surface area contributed by atoms with E-state index in [4.69, 9.17) is 5.11 Å². The summed E-state index contributed by atoms with van der Waals surface area (Å²) < 4.78 is 0. The Hall–Kier alpha value is -1.30. The average Bonchev–Trinajstić information content (AvgIpc) is 2.27. The number of rotatable bonds is 2. The van der Waals surface area contributed by atoms with Crippen molar-refractivity contribution in [1.82, 2.24) is 0 Å². The molecule has 0 aliphatic rings. The molecule has 0 spiro atoms. The van der Waals surface area contributed by atoms with Gasteiger partial charge in [0, 0.05) is 5.56 Å². The van der Waals surface area contributed by atoms with Gasteiger partial charge in [-0.3, -0.25) is 0 Å². The van der Waals surface area contributed by atoms with Crippen molar-refractivity contribution in [3.63, 3.8) is 0 Å². The maximum atomic E-state index is 9.51. The molecule has 0 heterocycles. The second-order valence-electron chi connectivity index (χ2n) is 4.04. The monoisotopic (exact) mass is 204 g/mol. The van der Waals surface area contributed by atoms with Gasteiger partial charge in [-0.2, -0.15) is 0 Å². The summed E-state index contributed by atoms with van der Waals surface area (Å²) in [5, 5.41) is 18.4. The number of benzene rings is 1. The minimum atomic E-state index is -0.811. The van der Waals surface area contributed by atoms with Gasteiger partial charge in [0.25, 0.3) is 0 Å².